The zero-order valence-corrected chi connectivity index (χ0v) is 14.1. The van der Waals surface area contributed by atoms with Gasteiger partial charge in [-0.15, -0.1) is 0 Å². The van der Waals surface area contributed by atoms with Gasteiger partial charge in [-0.25, -0.2) is 9.78 Å². The number of aromatic nitrogens is 6. The van der Waals surface area contributed by atoms with Crippen LogP contribution in [-0.2, 0) is 6.54 Å². The van der Waals surface area contributed by atoms with Crippen molar-refractivity contribution in [2.24, 2.45) is 0 Å². The van der Waals surface area contributed by atoms with Gasteiger partial charge >= 0.3 is 5.69 Å². The largest absolute Gasteiger partial charge is 0.337 e. The molecule has 1 aliphatic carbocycles. The number of hydrogen-bond acceptors (Lipinski definition) is 7. The minimum absolute atomic E-state index is 0.0290. The van der Waals surface area contributed by atoms with Crippen molar-refractivity contribution in [3.05, 3.63) is 69.6 Å². The molecule has 3 aromatic heterocycles. The molecule has 1 saturated carbocycles. The van der Waals surface area contributed by atoms with Crippen molar-refractivity contribution in [3.8, 4) is 11.5 Å². The molecule has 27 heavy (non-hydrogen) atoms. The first kappa shape index (κ1) is 15.6. The molecule has 0 saturated heterocycles. The van der Waals surface area contributed by atoms with Crippen molar-refractivity contribution in [2.45, 2.75) is 25.4 Å². The van der Waals surface area contributed by atoms with Gasteiger partial charge in [-0.1, -0.05) is 17.3 Å². The van der Waals surface area contributed by atoms with E-state index in [9.17, 15) is 9.59 Å². The summed E-state index contributed by atoms with van der Waals surface area (Å²) in [4.78, 5) is 38.1. The lowest BCUT2D eigenvalue weighted by atomic mass is 10.2. The number of hydrogen-bond donors (Lipinski definition) is 0. The van der Waals surface area contributed by atoms with E-state index in [0.29, 0.717) is 22.4 Å². The molecule has 134 valence electrons. The maximum Gasteiger partial charge on any atom is 0.332 e. The van der Waals surface area contributed by atoms with Gasteiger partial charge in [-0.05, 0) is 25.0 Å². The highest BCUT2D eigenvalue weighted by Gasteiger charge is 2.29. The summed E-state index contributed by atoms with van der Waals surface area (Å²) in [6.07, 6.45) is 6.30. The normalized spacial score (nSPS) is 13.9. The van der Waals surface area contributed by atoms with Crippen LogP contribution in [0.4, 0.5) is 0 Å². The molecular weight excluding hydrogens is 348 g/mol. The monoisotopic (exact) mass is 362 g/mol. The van der Waals surface area contributed by atoms with Crippen LogP contribution in [-0.4, -0.2) is 29.2 Å². The fourth-order valence-electron chi connectivity index (χ4n) is 3.12. The second-order valence-corrected chi connectivity index (χ2v) is 6.39. The Morgan fingerprint density at radius 2 is 2.00 bits per heavy atom. The van der Waals surface area contributed by atoms with Crippen LogP contribution in [0.5, 0.6) is 0 Å². The number of para-hydroxylation sites is 1. The fourth-order valence-corrected chi connectivity index (χ4v) is 3.12. The molecule has 0 aliphatic heterocycles. The van der Waals surface area contributed by atoms with Gasteiger partial charge in [-0.2, -0.15) is 4.98 Å². The Morgan fingerprint density at radius 3 is 2.78 bits per heavy atom. The van der Waals surface area contributed by atoms with E-state index in [4.69, 9.17) is 4.52 Å². The number of rotatable bonds is 4. The van der Waals surface area contributed by atoms with Gasteiger partial charge in [0, 0.05) is 18.4 Å². The zero-order chi connectivity index (χ0) is 18.4. The second-order valence-electron chi connectivity index (χ2n) is 6.39. The molecule has 9 nitrogen and oxygen atoms in total. The summed E-state index contributed by atoms with van der Waals surface area (Å²) < 4.78 is 8.14. The van der Waals surface area contributed by atoms with E-state index in [0.717, 1.165) is 12.8 Å². The molecule has 0 spiro atoms. The first-order valence-electron chi connectivity index (χ1n) is 8.55. The average molecular weight is 362 g/mol. The quantitative estimate of drug-likeness (QED) is 0.539. The zero-order valence-electron chi connectivity index (χ0n) is 14.1. The maximum absolute atomic E-state index is 13.0. The summed E-state index contributed by atoms with van der Waals surface area (Å²) >= 11 is 0. The molecule has 9 heteroatoms. The molecular formula is C18H14N6O3. The Bertz CT molecular complexity index is 1250. The van der Waals surface area contributed by atoms with Gasteiger partial charge in [-0.3, -0.25) is 18.9 Å². The van der Waals surface area contributed by atoms with Crippen LogP contribution in [0.25, 0.3) is 22.4 Å². The molecule has 3 heterocycles. The van der Waals surface area contributed by atoms with Gasteiger partial charge < -0.3 is 4.52 Å². The Kier molecular flexibility index (Phi) is 3.46. The molecule has 0 bridgehead atoms. The van der Waals surface area contributed by atoms with E-state index in [1.165, 1.54) is 21.5 Å². The first-order chi connectivity index (χ1) is 13.2. The molecule has 0 unspecified atom stereocenters. The van der Waals surface area contributed by atoms with Crippen molar-refractivity contribution in [1.29, 1.82) is 0 Å². The van der Waals surface area contributed by atoms with Gasteiger partial charge in [0.1, 0.15) is 12.2 Å². The topological polar surface area (TPSA) is 109 Å². The summed E-state index contributed by atoms with van der Waals surface area (Å²) in [5.41, 5.74) is 0.414. The molecule has 1 aliphatic rings. The van der Waals surface area contributed by atoms with E-state index in [2.05, 4.69) is 20.1 Å². The minimum atomic E-state index is -0.361. The van der Waals surface area contributed by atoms with Crippen molar-refractivity contribution in [3.63, 3.8) is 0 Å². The molecule has 0 N–H and O–H groups in total. The number of fused-ring (bicyclic) bond motifs is 1. The smallest absolute Gasteiger partial charge is 0.332 e. The predicted molar refractivity (Wildman–Crippen MR) is 95.2 cm³/mol. The Balaban J connectivity index is 1.63. The molecule has 0 atom stereocenters. The molecule has 1 aromatic carbocycles. The third kappa shape index (κ3) is 2.64. The summed E-state index contributed by atoms with van der Waals surface area (Å²) in [5, 5.41) is 4.41. The van der Waals surface area contributed by atoms with Crippen molar-refractivity contribution < 1.29 is 4.52 Å². The third-order valence-corrected chi connectivity index (χ3v) is 4.55. The van der Waals surface area contributed by atoms with Crippen LogP contribution >= 0.6 is 0 Å². The summed E-state index contributed by atoms with van der Waals surface area (Å²) in [6, 6.07) is 7.02. The standard InChI is InChI=1S/C18H14N6O3/c25-17-12-3-1-2-4-14(12)23(18(26)24(17)11-5-6-11)10-15-21-16(22-27-15)13-9-19-7-8-20-13/h1-4,7-9,11H,5-6,10H2. The Morgan fingerprint density at radius 1 is 1.15 bits per heavy atom. The summed E-state index contributed by atoms with van der Waals surface area (Å²) in [5.74, 6) is 0.551. The van der Waals surface area contributed by atoms with E-state index in [1.807, 2.05) is 0 Å². The molecule has 1 fully saturated rings. The van der Waals surface area contributed by atoms with E-state index in [-0.39, 0.29) is 29.7 Å². The minimum Gasteiger partial charge on any atom is -0.337 e. The summed E-state index contributed by atoms with van der Waals surface area (Å²) in [6.45, 7) is 0.0691. The first-order valence-corrected chi connectivity index (χ1v) is 8.55. The predicted octanol–water partition coefficient (Wildman–Crippen LogP) is 1.39. The van der Waals surface area contributed by atoms with Crippen LogP contribution in [0.2, 0.25) is 0 Å². The Hall–Kier alpha value is -3.62. The lowest BCUT2D eigenvalue weighted by Crippen LogP contribution is -2.39. The van der Waals surface area contributed by atoms with Gasteiger partial charge in [0.15, 0.2) is 0 Å². The van der Waals surface area contributed by atoms with Gasteiger partial charge in [0.05, 0.1) is 17.1 Å². The fraction of sp³-hybridized carbons (Fsp3) is 0.222. The molecule has 4 aromatic rings. The molecule has 0 amide bonds. The van der Waals surface area contributed by atoms with Crippen LogP contribution in [0.1, 0.15) is 24.8 Å². The Labute approximate surface area is 151 Å². The molecule has 0 radical (unpaired) electrons. The van der Waals surface area contributed by atoms with Crippen molar-refractivity contribution >= 4 is 10.9 Å². The highest BCUT2D eigenvalue weighted by Crippen LogP contribution is 2.32. The van der Waals surface area contributed by atoms with Crippen molar-refractivity contribution in [2.75, 3.05) is 0 Å². The van der Waals surface area contributed by atoms with Gasteiger partial charge in [0.2, 0.25) is 11.7 Å². The highest BCUT2D eigenvalue weighted by atomic mass is 16.5. The molecule has 5 rings (SSSR count). The maximum atomic E-state index is 13.0. The average Bonchev–Trinajstić information content (AvgIpc) is 3.42. The summed E-state index contributed by atoms with van der Waals surface area (Å²) in [7, 11) is 0. The van der Waals surface area contributed by atoms with E-state index in [1.54, 1.807) is 30.5 Å². The van der Waals surface area contributed by atoms with E-state index >= 15 is 0 Å². The van der Waals surface area contributed by atoms with Crippen LogP contribution in [0, 0.1) is 0 Å². The van der Waals surface area contributed by atoms with Crippen LogP contribution in [0.3, 0.4) is 0 Å². The van der Waals surface area contributed by atoms with Crippen LogP contribution < -0.4 is 11.2 Å². The lowest BCUT2D eigenvalue weighted by Gasteiger charge is -2.12. The van der Waals surface area contributed by atoms with E-state index < -0.39 is 0 Å². The second kappa shape index (κ2) is 5.97. The SMILES string of the molecule is O=c1c2ccccc2n(Cc2nc(-c3cnccn3)no2)c(=O)n1C1CC1. The number of benzene rings is 1. The lowest BCUT2D eigenvalue weighted by molar-refractivity contribution is 0.369. The number of nitrogens with zero attached hydrogens (tertiary/aromatic N) is 6. The highest BCUT2D eigenvalue weighted by molar-refractivity contribution is 5.77. The van der Waals surface area contributed by atoms with Gasteiger partial charge in [0.25, 0.3) is 5.56 Å². The van der Waals surface area contributed by atoms with Crippen molar-refractivity contribution in [1.82, 2.24) is 29.2 Å². The van der Waals surface area contributed by atoms with Crippen LogP contribution in [0.15, 0.2) is 57.0 Å². The third-order valence-electron chi connectivity index (χ3n) is 4.55.